The molecular weight excluding hydrogens is 260 g/mol. The molecule has 2 nitrogen and oxygen atoms in total. The van der Waals surface area contributed by atoms with E-state index in [1.165, 1.54) is 0 Å². The van der Waals surface area contributed by atoms with Gasteiger partial charge in [0.2, 0.25) is 0 Å². The minimum Gasteiger partial charge on any atom is -0.166 e. The standard InChI is InChI=1S/C5HBrClF3N2/c6-3-1-2(5(8,9)10)4(7)12-11-3/h1H. The molecule has 0 bridgehead atoms. The van der Waals surface area contributed by atoms with E-state index >= 15 is 0 Å². The van der Waals surface area contributed by atoms with Crippen LogP contribution >= 0.6 is 27.5 Å². The second kappa shape index (κ2) is 3.18. The number of hydrogen-bond acceptors (Lipinski definition) is 2. The minimum atomic E-state index is -4.49. The SMILES string of the molecule is FC(F)(F)c1cc(Br)nnc1Cl. The Kier molecular flexibility index (Phi) is 2.58. The highest BCUT2D eigenvalue weighted by molar-refractivity contribution is 9.10. The summed E-state index contributed by atoms with van der Waals surface area (Å²) in [4.78, 5) is 0. The van der Waals surface area contributed by atoms with Crippen molar-refractivity contribution < 1.29 is 13.2 Å². The number of aromatic nitrogens is 2. The van der Waals surface area contributed by atoms with Gasteiger partial charge < -0.3 is 0 Å². The Morgan fingerprint density at radius 1 is 1.33 bits per heavy atom. The molecule has 0 fully saturated rings. The summed E-state index contributed by atoms with van der Waals surface area (Å²) in [6.45, 7) is 0. The van der Waals surface area contributed by atoms with Gasteiger partial charge in [-0.3, -0.25) is 0 Å². The summed E-state index contributed by atoms with van der Waals surface area (Å²) in [5.41, 5.74) is -0.994. The largest absolute Gasteiger partial charge is 0.419 e. The maximum absolute atomic E-state index is 12.1. The molecule has 0 atom stereocenters. The van der Waals surface area contributed by atoms with E-state index in [0.717, 1.165) is 6.07 Å². The second-order valence-electron chi connectivity index (χ2n) is 1.87. The van der Waals surface area contributed by atoms with Gasteiger partial charge in [-0.2, -0.15) is 13.2 Å². The van der Waals surface area contributed by atoms with Crippen molar-refractivity contribution >= 4 is 27.5 Å². The van der Waals surface area contributed by atoms with E-state index in [1.54, 1.807) is 0 Å². The van der Waals surface area contributed by atoms with Crippen LogP contribution in [0.3, 0.4) is 0 Å². The Labute approximate surface area is 78.9 Å². The average Bonchev–Trinajstić information content (AvgIpc) is 1.92. The lowest BCUT2D eigenvalue weighted by molar-refractivity contribution is -0.137. The van der Waals surface area contributed by atoms with Gasteiger partial charge in [0, 0.05) is 0 Å². The van der Waals surface area contributed by atoms with Crippen LogP contribution in [0.25, 0.3) is 0 Å². The van der Waals surface area contributed by atoms with E-state index in [2.05, 4.69) is 26.1 Å². The molecule has 1 heterocycles. The number of rotatable bonds is 0. The van der Waals surface area contributed by atoms with Gasteiger partial charge in [0.05, 0.1) is 5.56 Å². The zero-order valence-corrected chi connectivity index (χ0v) is 7.70. The van der Waals surface area contributed by atoms with Crippen molar-refractivity contribution in [3.63, 3.8) is 0 Å². The molecule has 0 radical (unpaired) electrons. The van der Waals surface area contributed by atoms with Crippen molar-refractivity contribution in [1.29, 1.82) is 0 Å². The molecule has 0 aliphatic rings. The van der Waals surface area contributed by atoms with Crippen molar-refractivity contribution in [2.24, 2.45) is 0 Å². The van der Waals surface area contributed by atoms with E-state index in [0.29, 0.717) is 0 Å². The third-order valence-corrected chi connectivity index (χ3v) is 1.69. The Bertz CT molecular complexity index is 301. The predicted octanol–water partition coefficient (Wildman–Crippen LogP) is 2.91. The Morgan fingerprint density at radius 3 is 2.33 bits per heavy atom. The van der Waals surface area contributed by atoms with Crippen molar-refractivity contribution in [3.8, 4) is 0 Å². The first-order valence-corrected chi connectivity index (χ1v) is 3.84. The highest BCUT2D eigenvalue weighted by atomic mass is 79.9. The lowest BCUT2D eigenvalue weighted by atomic mass is 10.3. The zero-order valence-electron chi connectivity index (χ0n) is 5.36. The maximum Gasteiger partial charge on any atom is 0.419 e. The van der Waals surface area contributed by atoms with Crippen LogP contribution in [0.4, 0.5) is 13.2 Å². The van der Waals surface area contributed by atoms with Gasteiger partial charge in [-0.15, -0.1) is 10.2 Å². The number of nitrogens with zero attached hydrogens (tertiary/aromatic N) is 2. The smallest absolute Gasteiger partial charge is 0.166 e. The molecule has 0 aromatic carbocycles. The van der Waals surface area contributed by atoms with Crippen LogP contribution in [0, 0.1) is 0 Å². The summed E-state index contributed by atoms with van der Waals surface area (Å²) < 4.78 is 36.2. The van der Waals surface area contributed by atoms with Crippen molar-refractivity contribution in [2.75, 3.05) is 0 Å². The van der Waals surface area contributed by atoms with Crippen LogP contribution in [0.2, 0.25) is 5.15 Å². The molecule has 0 spiro atoms. The number of alkyl halides is 3. The van der Waals surface area contributed by atoms with Crippen LogP contribution in [-0.2, 0) is 6.18 Å². The molecule has 66 valence electrons. The molecule has 0 N–H and O–H groups in total. The summed E-state index contributed by atoms with van der Waals surface area (Å²) in [7, 11) is 0. The van der Waals surface area contributed by atoms with Crippen LogP contribution in [0.15, 0.2) is 10.7 Å². The summed E-state index contributed by atoms with van der Waals surface area (Å²) in [6.07, 6.45) is -4.49. The zero-order chi connectivity index (χ0) is 9.35. The number of hydrogen-bond donors (Lipinski definition) is 0. The molecule has 0 amide bonds. The molecular formula is C5HBrClF3N2. The first-order chi connectivity index (χ1) is 5.41. The third kappa shape index (κ3) is 2.07. The predicted molar refractivity (Wildman–Crippen MR) is 39.7 cm³/mol. The Balaban J connectivity index is 3.23. The van der Waals surface area contributed by atoms with Gasteiger partial charge >= 0.3 is 6.18 Å². The highest BCUT2D eigenvalue weighted by Crippen LogP contribution is 2.33. The van der Waals surface area contributed by atoms with Gasteiger partial charge in [0.15, 0.2) is 5.15 Å². The van der Waals surface area contributed by atoms with Gasteiger partial charge in [-0.25, -0.2) is 0 Å². The molecule has 7 heteroatoms. The van der Waals surface area contributed by atoms with Gasteiger partial charge in [0.25, 0.3) is 0 Å². The molecule has 1 aromatic rings. The van der Waals surface area contributed by atoms with Crippen LogP contribution in [0.5, 0.6) is 0 Å². The third-order valence-electron chi connectivity index (χ3n) is 1.02. The molecule has 1 aromatic heterocycles. The Hall–Kier alpha value is -0.360. The molecule has 12 heavy (non-hydrogen) atoms. The van der Waals surface area contributed by atoms with E-state index in [1.807, 2.05) is 0 Å². The van der Waals surface area contributed by atoms with E-state index in [-0.39, 0.29) is 4.60 Å². The summed E-state index contributed by atoms with van der Waals surface area (Å²) >= 11 is 7.92. The van der Waals surface area contributed by atoms with Crippen molar-refractivity contribution in [1.82, 2.24) is 10.2 Å². The Morgan fingerprint density at radius 2 is 1.92 bits per heavy atom. The van der Waals surface area contributed by atoms with Gasteiger partial charge in [0.1, 0.15) is 4.60 Å². The van der Waals surface area contributed by atoms with Crippen LogP contribution < -0.4 is 0 Å². The molecule has 1 rings (SSSR count). The maximum atomic E-state index is 12.1. The second-order valence-corrected chi connectivity index (χ2v) is 3.04. The van der Waals surface area contributed by atoms with E-state index in [4.69, 9.17) is 11.6 Å². The summed E-state index contributed by atoms with van der Waals surface area (Å²) in [5, 5.41) is 5.73. The molecule has 0 unspecified atom stereocenters. The normalized spacial score (nSPS) is 11.8. The number of halogens is 5. The highest BCUT2D eigenvalue weighted by Gasteiger charge is 2.34. The van der Waals surface area contributed by atoms with Gasteiger partial charge in [-0.1, -0.05) is 11.6 Å². The lowest BCUT2D eigenvalue weighted by Crippen LogP contribution is -2.07. The minimum absolute atomic E-state index is 0.000718. The van der Waals surface area contributed by atoms with Crippen LogP contribution in [-0.4, -0.2) is 10.2 Å². The fourth-order valence-corrected chi connectivity index (χ4v) is 1.06. The first kappa shape index (κ1) is 9.73. The average molecular weight is 261 g/mol. The van der Waals surface area contributed by atoms with Crippen LogP contribution in [0.1, 0.15) is 5.56 Å². The quantitative estimate of drug-likeness (QED) is 0.717. The molecule has 0 saturated heterocycles. The fourth-order valence-electron chi connectivity index (χ4n) is 0.552. The molecule has 0 saturated carbocycles. The van der Waals surface area contributed by atoms with Crippen molar-refractivity contribution in [3.05, 3.63) is 21.4 Å². The fraction of sp³-hybridized carbons (Fsp3) is 0.200. The topological polar surface area (TPSA) is 25.8 Å². The molecule has 0 aliphatic carbocycles. The first-order valence-electron chi connectivity index (χ1n) is 2.67. The van der Waals surface area contributed by atoms with E-state index < -0.39 is 16.9 Å². The monoisotopic (exact) mass is 260 g/mol. The van der Waals surface area contributed by atoms with E-state index in [9.17, 15) is 13.2 Å². The molecule has 0 aliphatic heterocycles. The summed E-state index contributed by atoms with van der Waals surface area (Å²) in [5.74, 6) is 0. The summed E-state index contributed by atoms with van der Waals surface area (Å²) in [6, 6.07) is 0.773. The lowest BCUT2D eigenvalue weighted by Gasteiger charge is -2.06. The van der Waals surface area contributed by atoms with Gasteiger partial charge in [-0.05, 0) is 22.0 Å². The van der Waals surface area contributed by atoms with Crippen molar-refractivity contribution in [2.45, 2.75) is 6.18 Å².